The number of hydrogen-bond acceptors (Lipinski definition) is 7. The van der Waals surface area contributed by atoms with Gasteiger partial charge in [0.25, 0.3) is 0 Å². The highest BCUT2D eigenvalue weighted by molar-refractivity contribution is 5.98. The molecule has 234 valence electrons. The molecule has 4 fully saturated rings. The number of nitrogens with one attached hydrogen (secondary N) is 1. The average Bonchev–Trinajstić information content (AvgIpc) is 3.63. The Morgan fingerprint density at radius 2 is 1.93 bits per heavy atom. The van der Waals surface area contributed by atoms with Gasteiger partial charge in [0.05, 0.1) is 24.5 Å². The molecule has 2 N–H and O–H groups in total. The minimum Gasteiger partial charge on any atom is -0.460 e. The lowest BCUT2D eigenvalue weighted by atomic mass is 9.70. The van der Waals surface area contributed by atoms with E-state index in [4.69, 9.17) is 9.47 Å². The maximum Gasteiger partial charge on any atom is 0.312 e. The summed E-state index contributed by atoms with van der Waals surface area (Å²) in [6, 6.07) is -0.719. The van der Waals surface area contributed by atoms with Crippen molar-refractivity contribution < 1.29 is 33.8 Å². The number of aliphatic hydroxyl groups is 1. The lowest BCUT2D eigenvalue weighted by Crippen LogP contribution is -2.58. The van der Waals surface area contributed by atoms with Gasteiger partial charge in [-0.2, -0.15) is 0 Å². The number of hydrogen-bond donors (Lipinski definition) is 2. The van der Waals surface area contributed by atoms with E-state index in [1.165, 1.54) is 0 Å². The number of nitrogens with zero attached hydrogens (tertiary/aromatic N) is 2. The Morgan fingerprint density at radius 1 is 1.17 bits per heavy atom. The number of carbonyl (C=O) groups excluding carboxylic acids is 4. The monoisotopic (exact) mass is 587 g/mol. The van der Waals surface area contributed by atoms with E-state index >= 15 is 0 Å². The van der Waals surface area contributed by atoms with Gasteiger partial charge in [-0.3, -0.25) is 19.2 Å². The van der Waals surface area contributed by atoms with Crippen molar-refractivity contribution in [1.29, 1.82) is 0 Å². The highest BCUT2D eigenvalue weighted by Crippen LogP contribution is 2.59. The number of unbranched alkanes of at least 4 members (excludes halogenated alkanes) is 2. The third-order valence-corrected chi connectivity index (χ3v) is 9.47. The first kappa shape index (κ1) is 32.2. The topological polar surface area (TPSA) is 125 Å². The van der Waals surface area contributed by atoms with E-state index in [9.17, 15) is 24.3 Å². The summed E-state index contributed by atoms with van der Waals surface area (Å²) in [5.74, 6) is -2.60. The minimum absolute atomic E-state index is 0.0727. The maximum atomic E-state index is 14.5. The molecule has 3 aliphatic heterocycles. The van der Waals surface area contributed by atoms with Gasteiger partial charge in [0.2, 0.25) is 17.7 Å². The number of rotatable bonds is 16. The molecule has 4 aliphatic rings. The lowest BCUT2D eigenvalue weighted by molar-refractivity contribution is -0.159. The summed E-state index contributed by atoms with van der Waals surface area (Å²) in [6.45, 7) is 10.2. The molecule has 1 spiro atoms. The van der Waals surface area contributed by atoms with Crippen molar-refractivity contribution >= 4 is 23.7 Å². The molecule has 4 rings (SSSR count). The Balaban J connectivity index is 1.55. The standard InChI is InChI=1S/C32H49N3O7/c1-4-6-15-25(37)33-21-22(3)41-31(40)26-24-16-17-32(42-24)27(26)29(38)35(19-11-8-12-20-36)28(32)30(39)34(18-5-2)23-13-9-7-10-14-23/h4-5,22-24,26-28,36H,1-2,6-21H2,3H3,(H,33,37)/t22-,24+,26-,27-,28+,32-/m0/s1. The number of esters is 1. The quantitative estimate of drug-likeness (QED) is 0.162. The van der Waals surface area contributed by atoms with Gasteiger partial charge in [0.15, 0.2) is 0 Å². The van der Waals surface area contributed by atoms with Crippen LogP contribution in [-0.4, -0.2) is 94.7 Å². The first-order valence-corrected chi connectivity index (χ1v) is 15.9. The molecular formula is C32H49N3O7. The van der Waals surface area contributed by atoms with Gasteiger partial charge in [0.1, 0.15) is 17.7 Å². The Bertz CT molecular complexity index is 1010. The fourth-order valence-electron chi connectivity index (χ4n) is 7.52. The van der Waals surface area contributed by atoms with Crippen LogP contribution in [0.2, 0.25) is 0 Å². The van der Waals surface area contributed by atoms with Gasteiger partial charge < -0.3 is 29.7 Å². The van der Waals surface area contributed by atoms with E-state index in [-0.39, 0.29) is 36.9 Å². The van der Waals surface area contributed by atoms with Crippen LogP contribution in [0.4, 0.5) is 0 Å². The third-order valence-electron chi connectivity index (χ3n) is 9.47. The number of likely N-dealkylation sites (tertiary alicyclic amines) is 1. The summed E-state index contributed by atoms with van der Waals surface area (Å²) in [7, 11) is 0. The SMILES string of the molecule is C=CCCC(=O)NC[C@H](C)OC(=O)[C@@H]1[C@H]2C(=O)N(CCCCCO)[C@H](C(=O)N(CC=C)C3CCCCC3)[C@]23CC[C@H]1O3. The lowest BCUT2D eigenvalue weighted by Gasteiger charge is -2.40. The van der Waals surface area contributed by atoms with Gasteiger partial charge in [-0.15, -0.1) is 13.2 Å². The molecule has 3 amide bonds. The van der Waals surface area contributed by atoms with Crippen LogP contribution >= 0.6 is 0 Å². The van der Waals surface area contributed by atoms with E-state index in [2.05, 4.69) is 18.5 Å². The van der Waals surface area contributed by atoms with E-state index in [0.717, 1.165) is 38.5 Å². The Kier molecular flexibility index (Phi) is 11.2. The van der Waals surface area contributed by atoms with E-state index < -0.39 is 41.7 Å². The molecule has 42 heavy (non-hydrogen) atoms. The normalized spacial score (nSPS) is 29.2. The average molecular weight is 588 g/mol. The molecule has 0 aromatic heterocycles. The molecule has 3 heterocycles. The first-order valence-electron chi connectivity index (χ1n) is 15.9. The largest absolute Gasteiger partial charge is 0.460 e. The molecule has 1 saturated carbocycles. The van der Waals surface area contributed by atoms with Gasteiger partial charge in [-0.1, -0.05) is 31.4 Å². The van der Waals surface area contributed by atoms with Crippen LogP contribution < -0.4 is 5.32 Å². The zero-order valence-corrected chi connectivity index (χ0v) is 25.1. The minimum atomic E-state index is -1.07. The number of carbonyl (C=O) groups is 4. The zero-order chi connectivity index (χ0) is 30.3. The number of amides is 3. The van der Waals surface area contributed by atoms with Crippen LogP contribution in [0, 0.1) is 11.8 Å². The number of ether oxygens (including phenoxy) is 2. The maximum absolute atomic E-state index is 14.5. The molecule has 0 unspecified atom stereocenters. The molecule has 6 atom stereocenters. The van der Waals surface area contributed by atoms with Crippen LogP contribution in [0.25, 0.3) is 0 Å². The number of allylic oxidation sites excluding steroid dienone is 1. The molecule has 1 aliphatic carbocycles. The second-order valence-corrected chi connectivity index (χ2v) is 12.3. The molecule has 0 radical (unpaired) electrons. The van der Waals surface area contributed by atoms with Crippen molar-refractivity contribution in [3.63, 3.8) is 0 Å². The highest BCUT2D eigenvalue weighted by atomic mass is 16.6. The third kappa shape index (κ3) is 6.59. The Morgan fingerprint density at radius 3 is 2.62 bits per heavy atom. The van der Waals surface area contributed by atoms with Crippen molar-refractivity contribution in [3.05, 3.63) is 25.3 Å². The Hall–Kier alpha value is -2.72. The first-order chi connectivity index (χ1) is 20.3. The smallest absolute Gasteiger partial charge is 0.312 e. The predicted octanol–water partition coefficient (Wildman–Crippen LogP) is 2.89. The second kappa shape index (κ2) is 14.6. The van der Waals surface area contributed by atoms with Crippen LogP contribution in [0.1, 0.15) is 84.0 Å². The summed E-state index contributed by atoms with van der Waals surface area (Å²) < 4.78 is 12.3. The predicted molar refractivity (Wildman–Crippen MR) is 157 cm³/mol. The van der Waals surface area contributed by atoms with Crippen molar-refractivity contribution in [1.82, 2.24) is 15.1 Å². The van der Waals surface area contributed by atoms with Crippen molar-refractivity contribution in [2.24, 2.45) is 11.8 Å². The van der Waals surface area contributed by atoms with Crippen molar-refractivity contribution in [2.45, 2.75) is 114 Å². The van der Waals surface area contributed by atoms with Crippen LogP contribution in [0.5, 0.6) is 0 Å². The van der Waals surface area contributed by atoms with Crippen molar-refractivity contribution in [2.75, 3.05) is 26.2 Å². The fraction of sp³-hybridized carbons (Fsp3) is 0.750. The molecular weight excluding hydrogens is 538 g/mol. The summed E-state index contributed by atoms with van der Waals surface area (Å²) in [6.07, 6.45) is 11.4. The Labute approximate surface area is 249 Å². The van der Waals surface area contributed by atoms with E-state index in [1.807, 2.05) is 4.90 Å². The van der Waals surface area contributed by atoms with Gasteiger partial charge in [0, 0.05) is 32.2 Å². The molecule has 0 aromatic carbocycles. The zero-order valence-electron chi connectivity index (χ0n) is 25.1. The van der Waals surface area contributed by atoms with Gasteiger partial charge in [-0.05, 0) is 58.3 Å². The second-order valence-electron chi connectivity index (χ2n) is 12.3. The molecule has 2 bridgehead atoms. The summed E-state index contributed by atoms with van der Waals surface area (Å²) in [5.41, 5.74) is -1.07. The van der Waals surface area contributed by atoms with Gasteiger partial charge >= 0.3 is 5.97 Å². The van der Waals surface area contributed by atoms with E-state index in [1.54, 1.807) is 24.0 Å². The fourth-order valence-corrected chi connectivity index (χ4v) is 7.52. The van der Waals surface area contributed by atoms with Crippen molar-refractivity contribution in [3.8, 4) is 0 Å². The van der Waals surface area contributed by atoms with Crippen LogP contribution in [0.3, 0.4) is 0 Å². The summed E-state index contributed by atoms with van der Waals surface area (Å²) >= 11 is 0. The summed E-state index contributed by atoms with van der Waals surface area (Å²) in [4.78, 5) is 57.8. The molecule has 0 aromatic rings. The van der Waals surface area contributed by atoms with E-state index in [0.29, 0.717) is 51.6 Å². The molecule has 3 saturated heterocycles. The highest BCUT2D eigenvalue weighted by Gasteiger charge is 2.75. The molecule has 10 heteroatoms. The van der Waals surface area contributed by atoms with Crippen LogP contribution in [0.15, 0.2) is 25.3 Å². The summed E-state index contributed by atoms with van der Waals surface area (Å²) in [5, 5.41) is 12.0. The molecule has 10 nitrogen and oxygen atoms in total. The van der Waals surface area contributed by atoms with Crippen LogP contribution in [-0.2, 0) is 28.7 Å². The van der Waals surface area contributed by atoms with Gasteiger partial charge in [-0.25, -0.2) is 0 Å². The number of fused-ring (bicyclic) bond motifs is 1. The number of aliphatic hydroxyl groups excluding tert-OH is 1.